The molecule has 1 aromatic rings. The van der Waals surface area contributed by atoms with E-state index in [4.69, 9.17) is 14.6 Å². The maximum atomic E-state index is 10.3. The molecule has 0 aliphatic heterocycles. The van der Waals surface area contributed by atoms with E-state index in [1.807, 2.05) is 13.0 Å². The van der Waals surface area contributed by atoms with Crippen LogP contribution < -0.4 is 9.47 Å². The summed E-state index contributed by atoms with van der Waals surface area (Å²) in [4.78, 5) is 10.3. The Labute approximate surface area is 82.1 Å². The Morgan fingerprint density at radius 3 is 2.71 bits per heavy atom. The second kappa shape index (κ2) is 4.50. The molecule has 0 radical (unpaired) electrons. The second-order valence-corrected chi connectivity index (χ2v) is 2.84. The first-order valence-electron chi connectivity index (χ1n) is 4.12. The van der Waals surface area contributed by atoms with Crippen LogP contribution in [-0.2, 0) is 4.79 Å². The van der Waals surface area contributed by atoms with Gasteiger partial charge in [0.1, 0.15) is 0 Å². The van der Waals surface area contributed by atoms with Crippen molar-refractivity contribution >= 4 is 5.97 Å². The summed E-state index contributed by atoms with van der Waals surface area (Å²) in [5.41, 5.74) is 1.03. The maximum Gasteiger partial charge on any atom is 0.341 e. The lowest BCUT2D eigenvalue weighted by molar-refractivity contribution is -0.139. The Bertz CT molecular complexity index is 333. The molecule has 0 aromatic heterocycles. The van der Waals surface area contributed by atoms with Crippen LogP contribution in [0.1, 0.15) is 5.56 Å². The zero-order valence-corrected chi connectivity index (χ0v) is 8.11. The van der Waals surface area contributed by atoms with Crippen LogP contribution in [0.5, 0.6) is 11.5 Å². The molecular formula is C10H12O4. The third-order valence-electron chi connectivity index (χ3n) is 1.67. The number of benzene rings is 1. The van der Waals surface area contributed by atoms with Gasteiger partial charge in [-0.15, -0.1) is 0 Å². The number of aryl methyl sites for hydroxylation is 1. The molecule has 1 N–H and O–H groups in total. The maximum absolute atomic E-state index is 10.3. The van der Waals surface area contributed by atoms with Crippen LogP contribution >= 0.6 is 0 Å². The van der Waals surface area contributed by atoms with Crippen molar-refractivity contribution in [3.05, 3.63) is 23.8 Å². The predicted octanol–water partition coefficient (Wildman–Crippen LogP) is 1.47. The summed E-state index contributed by atoms with van der Waals surface area (Å²) in [6.45, 7) is 1.56. The average molecular weight is 196 g/mol. The van der Waals surface area contributed by atoms with E-state index in [-0.39, 0.29) is 6.61 Å². The fourth-order valence-electron chi connectivity index (χ4n) is 1.03. The number of carboxylic acids is 1. The van der Waals surface area contributed by atoms with Gasteiger partial charge < -0.3 is 14.6 Å². The van der Waals surface area contributed by atoms with Crippen molar-refractivity contribution in [2.24, 2.45) is 0 Å². The largest absolute Gasteiger partial charge is 0.493 e. The van der Waals surface area contributed by atoms with Gasteiger partial charge in [-0.2, -0.15) is 0 Å². The number of carboxylic acid groups (broad SMARTS) is 1. The smallest absolute Gasteiger partial charge is 0.341 e. The number of methoxy groups -OCH3 is 1. The molecule has 0 heterocycles. The first-order chi connectivity index (χ1) is 6.63. The molecule has 0 aliphatic rings. The zero-order valence-electron chi connectivity index (χ0n) is 8.11. The zero-order chi connectivity index (χ0) is 10.6. The van der Waals surface area contributed by atoms with Crippen molar-refractivity contribution in [3.63, 3.8) is 0 Å². The summed E-state index contributed by atoms with van der Waals surface area (Å²) in [6.07, 6.45) is 0. The predicted molar refractivity (Wildman–Crippen MR) is 50.9 cm³/mol. The quantitative estimate of drug-likeness (QED) is 0.792. The van der Waals surface area contributed by atoms with Crippen molar-refractivity contribution in [2.45, 2.75) is 6.92 Å². The molecule has 0 saturated carbocycles. The molecule has 1 aromatic carbocycles. The molecule has 14 heavy (non-hydrogen) atoms. The molecule has 4 heteroatoms. The average Bonchev–Trinajstić information content (AvgIpc) is 2.15. The number of hydrogen-bond acceptors (Lipinski definition) is 3. The minimum atomic E-state index is -1.01. The molecule has 0 saturated heterocycles. The number of rotatable bonds is 4. The van der Waals surface area contributed by atoms with Crippen molar-refractivity contribution in [1.29, 1.82) is 0 Å². The van der Waals surface area contributed by atoms with Crippen LogP contribution in [0, 0.1) is 6.92 Å². The van der Waals surface area contributed by atoms with E-state index in [1.54, 1.807) is 12.1 Å². The van der Waals surface area contributed by atoms with E-state index in [2.05, 4.69) is 0 Å². The van der Waals surface area contributed by atoms with E-state index in [1.165, 1.54) is 7.11 Å². The summed E-state index contributed by atoms with van der Waals surface area (Å²) in [7, 11) is 1.52. The van der Waals surface area contributed by atoms with E-state index in [9.17, 15) is 4.79 Å². The van der Waals surface area contributed by atoms with Gasteiger partial charge in [-0.1, -0.05) is 6.07 Å². The Kier molecular flexibility index (Phi) is 3.34. The fraction of sp³-hybridized carbons (Fsp3) is 0.300. The first-order valence-corrected chi connectivity index (χ1v) is 4.12. The third-order valence-corrected chi connectivity index (χ3v) is 1.67. The standard InChI is InChI=1S/C10H12O4/c1-7-3-4-8(9(5-7)13-2)14-6-10(11)12/h3-5H,6H2,1-2H3,(H,11,12). The van der Waals surface area contributed by atoms with E-state index in [0.717, 1.165) is 5.56 Å². The van der Waals surface area contributed by atoms with Gasteiger partial charge in [-0.3, -0.25) is 0 Å². The van der Waals surface area contributed by atoms with Crippen LogP contribution in [0.15, 0.2) is 18.2 Å². The summed E-state index contributed by atoms with van der Waals surface area (Å²) < 4.78 is 10.1. The van der Waals surface area contributed by atoms with Gasteiger partial charge >= 0.3 is 5.97 Å². The van der Waals surface area contributed by atoms with Crippen molar-refractivity contribution in [2.75, 3.05) is 13.7 Å². The van der Waals surface area contributed by atoms with Gasteiger partial charge in [-0.05, 0) is 24.6 Å². The van der Waals surface area contributed by atoms with Crippen LogP contribution in [0.4, 0.5) is 0 Å². The molecule has 0 bridgehead atoms. The molecule has 0 aliphatic carbocycles. The highest BCUT2D eigenvalue weighted by Crippen LogP contribution is 2.27. The molecule has 0 atom stereocenters. The molecule has 0 spiro atoms. The highest BCUT2D eigenvalue weighted by Gasteiger charge is 2.05. The summed E-state index contributed by atoms with van der Waals surface area (Å²) in [5.74, 6) is -0.0145. The van der Waals surface area contributed by atoms with Gasteiger partial charge in [0.15, 0.2) is 18.1 Å². The molecule has 4 nitrogen and oxygen atoms in total. The number of carbonyl (C=O) groups is 1. The van der Waals surface area contributed by atoms with E-state index >= 15 is 0 Å². The fourth-order valence-corrected chi connectivity index (χ4v) is 1.03. The molecule has 0 unspecified atom stereocenters. The minimum absolute atomic E-state index is 0.362. The Morgan fingerprint density at radius 2 is 2.14 bits per heavy atom. The monoisotopic (exact) mass is 196 g/mol. The van der Waals surface area contributed by atoms with Gasteiger partial charge in [0, 0.05) is 0 Å². The van der Waals surface area contributed by atoms with Crippen molar-refractivity contribution in [1.82, 2.24) is 0 Å². The van der Waals surface area contributed by atoms with Crippen molar-refractivity contribution < 1.29 is 19.4 Å². The summed E-state index contributed by atoms with van der Waals surface area (Å²) in [6, 6.07) is 5.31. The van der Waals surface area contributed by atoms with E-state index in [0.29, 0.717) is 11.5 Å². The van der Waals surface area contributed by atoms with Gasteiger partial charge in [-0.25, -0.2) is 4.79 Å². The summed E-state index contributed by atoms with van der Waals surface area (Å²) in [5, 5.41) is 8.43. The van der Waals surface area contributed by atoms with Gasteiger partial charge in [0.2, 0.25) is 0 Å². The topological polar surface area (TPSA) is 55.8 Å². The lowest BCUT2D eigenvalue weighted by atomic mass is 10.2. The number of ether oxygens (including phenoxy) is 2. The summed E-state index contributed by atoms with van der Waals surface area (Å²) >= 11 is 0. The minimum Gasteiger partial charge on any atom is -0.493 e. The molecule has 0 fully saturated rings. The Hall–Kier alpha value is -1.71. The Balaban J connectivity index is 2.80. The molecule has 1 rings (SSSR count). The number of hydrogen-bond donors (Lipinski definition) is 1. The van der Waals surface area contributed by atoms with Crippen LogP contribution in [0.3, 0.4) is 0 Å². The van der Waals surface area contributed by atoms with Crippen LogP contribution in [0.2, 0.25) is 0 Å². The lowest BCUT2D eigenvalue weighted by Gasteiger charge is -2.09. The normalized spacial score (nSPS) is 9.57. The number of aliphatic carboxylic acids is 1. The molecular weight excluding hydrogens is 184 g/mol. The van der Waals surface area contributed by atoms with E-state index < -0.39 is 5.97 Å². The molecule has 0 amide bonds. The van der Waals surface area contributed by atoms with Gasteiger partial charge in [0.05, 0.1) is 7.11 Å². The highest BCUT2D eigenvalue weighted by atomic mass is 16.5. The van der Waals surface area contributed by atoms with Crippen LogP contribution in [0.25, 0.3) is 0 Å². The Morgan fingerprint density at radius 1 is 1.43 bits per heavy atom. The second-order valence-electron chi connectivity index (χ2n) is 2.84. The van der Waals surface area contributed by atoms with Crippen molar-refractivity contribution in [3.8, 4) is 11.5 Å². The SMILES string of the molecule is COc1cc(C)ccc1OCC(=O)O. The molecule has 76 valence electrons. The lowest BCUT2D eigenvalue weighted by Crippen LogP contribution is -2.10. The van der Waals surface area contributed by atoms with Crippen LogP contribution in [-0.4, -0.2) is 24.8 Å². The van der Waals surface area contributed by atoms with Gasteiger partial charge in [0.25, 0.3) is 0 Å². The highest BCUT2D eigenvalue weighted by molar-refractivity contribution is 5.68. The third kappa shape index (κ3) is 2.65. The first kappa shape index (κ1) is 10.4.